The Morgan fingerprint density at radius 1 is 1.25 bits per heavy atom. The smallest absolute Gasteiger partial charge is 0.447 e. The van der Waals surface area contributed by atoms with Gasteiger partial charge in [0.05, 0.1) is 23.7 Å². The Labute approximate surface area is 236 Å². The standard InChI is InChI=1S/C29H39BN4O6/c1-27(2,33-14-15-40-29(19-33)12-13-29)17-22(18-31)25(35)34-23-8-10-28(34,11-9-23)20-39-26(36)32-24(30(37)38)16-21-6-4-3-5-7-21/h3-7,17,23-24,37-38H,8-16,19-20H2,1-2H3,(H,32,36). The van der Waals surface area contributed by atoms with Crippen LogP contribution in [0, 0.1) is 11.3 Å². The molecule has 5 rings (SSSR count). The average molecular weight is 550 g/mol. The van der Waals surface area contributed by atoms with E-state index in [0.29, 0.717) is 19.4 Å². The summed E-state index contributed by atoms with van der Waals surface area (Å²) in [5.41, 5.74) is -0.295. The van der Waals surface area contributed by atoms with E-state index < -0.39 is 30.2 Å². The summed E-state index contributed by atoms with van der Waals surface area (Å²) >= 11 is 0. The number of nitrogens with zero attached hydrogens (tertiary/aromatic N) is 3. The SMILES string of the molecule is CC(C)(C=C(C#N)C(=O)N1C2CCC1(COC(=O)NC(Cc1ccccc1)B(O)O)CC2)N1CCOC2(CC2)C1. The molecule has 40 heavy (non-hydrogen) atoms. The summed E-state index contributed by atoms with van der Waals surface area (Å²) in [6.07, 6.45) is 6.26. The maximum Gasteiger partial charge on any atom is 0.475 e. The molecular weight excluding hydrogens is 511 g/mol. The zero-order chi connectivity index (χ0) is 28.5. The maximum atomic E-state index is 13.8. The van der Waals surface area contributed by atoms with Gasteiger partial charge in [0.1, 0.15) is 18.2 Å². The fourth-order valence-electron chi connectivity index (χ4n) is 6.61. The number of fused-ring (bicyclic) bond motifs is 2. The molecule has 214 valence electrons. The van der Waals surface area contributed by atoms with Crippen LogP contribution in [-0.4, -0.2) is 93.9 Å². The van der Waals surface area contributed by atoms with Crippen molar-refractivity contribution < 1.29 is 29.1 Å². The number of alkyl carbamates (subject to hydrolysis) is 1. The van der Waals surface area contributed by atoms with E-state index in [-0.39, 0.29) is 36.2 Å². The third-order valence-electron chi connectivity index (χ3n) is 9.13. The molecule has 4 fully saturated rings. The molecule has 1 atom stereocenters. The monoisotopic (exact) mass is 550 g/mol. The minimum atomic E-state index is -1.76. The van der Waals surface area contributed by atoms with Crippen molar-refractivity contribution in [1.29, 1.82) is 5.26 Å². The van der Waals surface area contributed by atoms with Gasteiger partial charge < -0.3 is 29.7 Å². The second-order valence-electron chi connectivity index (χ2n) is 12.3. The zero-order valence-electron chi connectivity index (χ0n) is 23.3. The van der Waals surface area contributed by atoms with Crippen molar-refractivity contribution in [2.75, 3.05) is 26.3 Å². The highest BCUT2D eigenvalue weighted by Crippen LogP contribution is 2.48. The van der Waals surface area contributed by atoms with Crippen LogP contribution in [0.4, 0.5) is 4.79 Å². The number of amides is 2. The van der Waals surface area contributed by atoms with E-state index >= 15 is 0 Å². The van der Waals surface area contributed by atoms with Crippen molar-refractivity contribution in [3.63, 3.8) is 0 Å². The van der Waals surface area contributed by atoms with Crippen LogP contribution in [0.5, 0.6) is 0 Å². The van der Waals surface area contributed by atoms with Gasteiger partial charge in [-0.2, -0.15) is 5.26 Å². The third-order valence-corrected chi connectivity index (χ3v) is 9.13. The molecule has 3 N–H and O–H groups in total. The molecule has 4 aliphatic rings. The van der Waals surface area contributed by atoms with Crippen molar-refractivity contribution in [2.24, 2.45) is 0 Å². The number of morpholine rings is 1. The third kappa shape index (κ3) is 5.91. The molecule has 0 radical (unpaired) electrons. The minimum Gasteiger partial charge on any atom is -0.447 e. The highest BCUT2D eigenvalue weighted by molar-refractivity contribution is 6.43. The molecule has 3 saturated heterocycles. The Hall–Kier alpha value is -2.91. The van der Waals surface area contributed by atoms with Gasteiger partial charge in [-0.3, -0.25) is 9.69 Å². The molecule has 11 heteroatoms. The fraction of sp³-hybridized carbons (Fsp3) is 0.621. The first kappa shape index (κ1) is 28.6. The van der Waals surface area contributed by atoms with E-state index in [4.69, 9.17) is 9.47 Å². The zero-order valence-corrected chi connectivity index (χ0v) is 23.3. The van der Waals surface area contributed by atoms with Gasteiger partial charge in [-0.05, 0) is 70.4 Å². The number of hydrogen-bond acceptors (Lipinski definition) is 8. The summed E-state index contributed by atoms with van der Waals surface area (Å²) in [5.74, 6) is -1.27. The summed E-state index contributed by atoms with van der Waals surface area (Å²) in [4.78, 5) is 30.6. The lowest BCUT2D eigenvalue weighted by Gasteiger charge is -2.42. The lowest BCUT2D eigenvalue weighted by atomic mass is 9.76. The second-order valence-corrected chi connectivity index (χ2v) is 12.3. The minimum absolute atomic E-state index is 0.00207. The van der Waals surface area contributed by atoms with Gasteiger partial charge in [-0.1, -0.05) is 30.3 Å². The molecule has 1 aromatic rings. The van der Waals surface area contributed by atoms with Gasteiger partial charge in [0, 0.05) is 24.7 Å². The van der Waals surface area contributed by atoms with E-state index in [1.165, 1.54) is 0 Å². The van der Waals surface area contributed by atoms with Crippen molar-refractivity contribution >= 4 is 19.1 Å². The maximum absolute atomic E-state index is 13.8. The molecule has 1 spiro atoms. The van der Waals surface area contributed by atoms with Gasteiger partial charge in [-0.15, -0.1) is 0 Å². The summed E-state index contributed by atoms with van der Waals surface area (Å²) in [7, 11) is -1.76. The topological polar surface area (TPSA) is 135 Å². The Kier molecular flexibility index (Phi) is 7.99. The predicted octanol–water partition coefficient (Wildman–Crippen LogP) is 1.95. The van der Waals surface area contributed by atoms with Gasteiger partial charge in [0.25, 0.3) is 5.91 Å². The molecule has 0 aromatic heterocycles. The second kappa shape index (κ2) is 11.2. The molecule has 1 saturated carbocycles. The van der Waals surface area contributed by atoms with Crippen LogP contribution in [0.1, 0.15) is 57.9 Å². The largest absolute Gasteiger partial charge is 0.475 e. The lowest BCUT2D eigenvalue weighted by Crippen LogP contribution is -2.54. The first-order valence-electron chi connectivity index (χ1n) is 14.3. The average Bonchev–Trinajstić information content (AvgIpc) is 3.44. The lowest BCUT2D eigenvalue weighted by molar-refractivity contribution is -0.132. The normalized spacial score (nSPS) is 26.3. The van der Waals surface area contributed by atoms with Gasteiger partial charge >= 0.3 is 13.2 Å². The predicted molar refractivity (Wildman–Crippen MR) is 148 cm³/mol. The first-order valence-corrected chi connectivity index (χ1v) is 14.3. The van der Waals surface area contributed by atoms with E-state index in [1.807, 2.05) is 44.2 Å². The summed E-state index contributed by atoms with van der Waals surface area (Å²) in [5, 5.41) is 32.2. The van der Waals surface area contributed by atoms with Crippen LogP contribution in [0.3, 0.4) is 0 Å². The number of carbonyl (C=O) groups is 2. The van der Waals surface area contributed by atoms with Crippen LogP contribution in [0.15, 0.2) is 42.0 Å². The first-order chi connectivity index (χ1) is 19.1. The summed E-state index contributed by atoms with van der Waals surface area (Å²) < 4.78 is 11.5. The molecular formula is C29H39BN4O6. The molecule has 2 bridgehead atoms. The number of nitriles is 1. The number of ether oxygens (including phenoxy) is 2. The van der Waals surface area contributed by atoms with Gasteiger partial charge in [-0.25, -0.2) is 4.79 Å². The van der Waals surface area contributed by atoms with E-state index in [2.05, 4.69) is 16.3 Å². The van der Waals surface area contributed by atoms with Crippen molar-refractivity contribution in [2.45, 2.75) is 87.5 Å². The molecule has 10 nitrogen and oxygen atoms in total. The van der Waals surface area contributed by atoms with Crippen LogP contribution in [0.25, 0.3) is 0 Å². The summed E-state index contributed by atoms with van der Waals surface area (Å²) in [6, 6.07) is 11.4. The number of nitrogens with one attached hydrogen (secondary N) is 1. The van der Waals surface area contributed by atoms with Gasteiger partial charge in [0.15, 0.2) is 0 Å². The van der Waals surface area contributed by atoms with Crippen molar-refractivity contribution in [1.82, 2.24) is 15.1 Å². The Balaban J connectivity index is 1.24. The number of carbonyl (C=O) groups excluding carboxylic acids is 2. The summed E-state index contributed by atoms with van der Waals surface area (Å²) in [6.45, 7) is 6.21. The molecule has 2 amide bonds. The quantitative estimate of drug-likeness (QED) is 0.241. The fourth-order valence-corrected chi connectivity index (χ4v) is 6.61. The van der Waals surface area contributed by atoms with Crippen LogP contribution in [0.2, 0.25) is 0 Å². The van der Waals surface area contributed by atoms with Crippen LogP contribution >= 0.6 is 0 Å². The number of hydrogen-bond donors (Lipinski definition) is 3. The molecule has 3 aliphatic heterocycles. The Morgan fingerprint density at radius 3 is 2.58 bits per heavy atom. The Morgan fingerprint density at radius 2 is 1.95 bits per heavy atom. The molecule has 1 aromatic carbocycles. The number of benzene rings is 1. The van der Waals surface area contributed by atoms with Gasteiger partial charge in [0.2, 0.25) is 0 Å². The highest BCUT2D eigenvalue weighted by atomic mass is 16.6. The van der Waals surface area contributed by atoms with E-state index in [0.717, 1.165) is 44.3 Å². The highest BCUT2D eigenvalue weighted by Gasteiger charge is 2.55. The van der Waals surface area contributed by atoms with Crippen molar-refractivity contribution in [3.8, 4) is 6.07 Å². The van der Waals surface area contributed by atoms with Crippen LogP contribution < -0.4 is 5.32 Å². The van der Waals surface area contributed by atoms with E-state index in [9.17, 15) is 24.9 Å². The molecule has 1 aliphatic carbocycles. The molecule has 1 unspecified atom stereocenters. The number of rotatable bonds is 9. The van der Waals surface area contributed by atoms with Crippen molar-refractivity contribution in [3.05, 3.63) is 47.5 Å². The molecule has 3 heterocycles. The Bertz CT molecular complexity index is 1170. The van der Waals surface area contributed by atoms with Crippen LogP contribution in [-0.2, 0) is 20.7 Å². The van der Waals surface area contributed by atoms with E-state index in [1.54, 1.807) is 11.0 Å².